The van der Waals surface area contributed by atoms with E-state index < -0.39 is 0 Å². The summed E-state index contributed by atoms with van der Waals surface area (Å²) < 4.78 is 15.0. The lowest BCUT2D eigenvalue weighted by Gasteiger charge is -2.16. The third-order valence-electron chi connectivity index (χ3n) is 3.02. The van der Waals surface area contributed by atoms with Gasteiger partial charge in [0.1, 0.15) is 0 Å². The second kappa shape index (κ2) is 7.63. The van der Waals surface area contributed by atoms with Crippen LogP contribution in [0.5, 0.6) is 11.5 Å². The van der Waals surface area contributed by atoms with E-state index in [-0.39, 0.29) is 24.9 Å². The number of hydrogen-bond acceptors (Lipinski definition) is 5. The third-order valence-corrected chi connectivity index (χ3v) is 3.02. The van der Waals surface area contributed by atoms with E-state index in [4.69, 9.17) is 9.47 Å². The minimum absolute atomic E-state index is 0.0352. The second-order valence-corrected chi connectivity index (χ2v) is 4.11. The van der Waals surface area contributed by atoms with Gasteiger partial charge >= 0.3 is 5.97 Å². The number of methoxy groups -OCH3 is 3. The van der Waals surface area contributed by atoms with Crippen LogP contribution in [-0.2, 0) is 9.53 Å². The molecule has 0 saturated carbocycles. The molecule has 1 rings (SSSR count). The Morgan fingerprint density at radius 1 is 1.21 bits per heavy atom. The van der Waals surface area contributed by atoms with Crippen LogP contribution in [0.25, 0.3) is 0 Å². The molecule has 5 nitrogen and oxygen atoms in total. The second-order valence-electron chi connectivity index (χ2n) is 4.11. The molecule has 106 valence electrons. The summed E-state index contributed by atoms with van der Waals surface area (Å²) in [5.74, 6) is 0.838. The summed E-state index contributed by atoms with van der Waals surface area (Å²) >= 11 is 0. The van der Waals surface area contributed by atoms with Crippen LogP contribution >= 0.6 is 0 Å². The highest BCUT2D eigenvalue weighted by Gasteiger charge is 2.15. The largest absolute Gasteiger partial charge is 0.493 e. The molecular formula is C14H20O5. The topological polar surface area (TPSA) is 65.0 Å². The van der Waals surface area contributed by atoms with Crippen molar-refractivity contribution in [1.82, 2.24) is 0 Å². The van der Waals surface area contributed by atoms with Crippen molar-refractivity contribution >= 4 is 5.97 Å². The Labute approximate surface area is 113 Å². The molecule has 1 atom stereocenters. The Bertz CT molecular complexity index is 416. The minimum Gasteiger partial charge on any atom is -0.493 e. The molecule has 1 aromatic carbocycles. The van der Waals surface area contributed by atoms with E-state index in [9.17, 15) is 9.90 Å². The molecule has 0 bridgehead atoms. The number of benzene rings is 1. The van der Waals surface area contributed by atoms with Gasteiger partial charge in [0.25, 0.3) is 0 Å². The fourth-order valence-electron chi connectivity index (χ4n) is 1.86. The number of carbonyl (C=O) groups is 1. The predicted molar refractivity (Wildman–Crippen MR) is 70.6 cm³/mol. The van der Waals surface area contributed by atoms with Gasteiger partial charge in [-0.1, -0.05) is 6.07 Å². The van der Waals surface area contributed by atoms with Gasteiger partial charge in [-0.2, -0.15) is 0 Å². The van der Waals surface area contributed by atoms with E-state index in [1.165, 1.54) is 7.11 Å². The first-order valence-corrected chi connectivity index (χ1v) is 6.05. The molecule has 0 amide bonds. The predicted octanol–water partition coefficient (Wildman–Crippen LogP) is 1.73. The fourth-order valence-corrected chi connectivity index (χ4v) is 1.86. The van der Waals surface area contributed by atoms with Gasteiger partial charge in [-0.05, 0) is 24.1 Å². The average Bonchev–Trinajstić information content (AvgIpc) is 2.47. The summed E-state index contributed by atoms with van der Waals surface area (Å²) in [6.07, 6.45) is 0.800. The zero-order valence-electron chi connectivity index (χ0n) is 11.5. The lowest BCUT2D eigenvalue weighted by Crippen LogP contribution is -2.09. The molecule has 0 saturated heterocycles. The summed E-state index contributed by atoms with van der Waals surface area (Å²) in [6.45, 7) is -0.0352. The van der Waals surface area contributed by atoms with Crippen LogP contribution in [0.4, 0.5) is 0 Å². The number of ether oxygens (including phenoxy) is 3. The van der Waals surface area contributed by atoms with E-state index in [0.29, 0.717) is 17.9 Å². The molecule has 1 aromatic rings. The quantitative estimate of drug-likeness (QED) is 0.763. The highest BCUT2D eigenvalue weighted by Crippen LogP contribution is 2.32. The van der Waals surface area contributed by atoms with Gasteiger partial charge in [0.2, 0.25) is 0 Å². The fraction of sp³-hybridized carbons (Fsp3) is 0.500. The van der Waals surface area contributed by atoms with Crippen LogP contribution in [0.1, 0.15) is 24.3 Å². The Balaban J connectivity index is 2.83. The maximum Gasteiger partial charge on any atom is 0.305 e. The van der Waals surface area contributed by atoms with Crippen molar-refractivity contribution < 1.29 is 24.1 Å². The van der Waals surface area contributed by atoms with E-state index in [1.807, 2.05) is 12.1 Å². The number of rotatable bonds is 7. The first-order valence-electron chi connectivity index (χ1n) is 6.05. The first-order chi connectivity index (χ1) is 9.15. The summed E-state index contributed by atoms with van der Waals surface area (Å²) in [5, 5.41) is 9.43. The number of aliphatic hydroxyl groups excluding tert-OH is 1. The van der Waals surface area contributed by atoms with Gasteiger partial charge in [-0.15, -0.1) is 0 Å². The molecular weight excluding hydrogens is 248 g/mol. The highest BCUT2D eigenvalue weighted by atomic mass is 16.5. The number of carbonyl (C=O) groups excluding carboxylic acids is 1. The first kappa shape index (κ1) is 15.3. The number of aliphatic hydroxyl groups is 1. The van der Waals surface area contributed by atoms with Crippen LogP contribution in [0.3, 0.4) is 0 Å². The van der Waals surface area contributed by atoms with Gasteiger partial charge in [0.15, 0.2) is 11.5 Å². The lowest BCUT2D eigenvalue weighted by molar-refractivity contribution is -0.140. The van der Waals surface area contributed by atoms with Gasteiger partial charge < -0.3 is 19.3 Å². The van der Waals surface area contributed by atoms with Crippen molar-refractivity contribution in [1.29, 1.82) is 0 Å². The van der Waals surface area contributed by atoms with E-state index in [1.54, 1.807) is 20.3 Å². The molecule has 0 aliphatic rings. The zero-order chi connectivity index (χ0) is 14.3. The van der Waals surface area contributed by atoms with Crippen LogP contribution in [0.15, 0.2) is 18.2 Å². The lowest BCUT2D eigenvalue weighted by atomic mass is 9.94. The maximum absolute atomic E-state index is 11.1. The summed E-state index contributed by atoms with van der Waals surface area (Å²) in [5.41, 5.74) is 0.907. The van der Waals surface area contributed by atoms with Crippen molar-refractivity contribution in [3.8, 4) is 11.5 Å². The molecule has 1 N–H and O–H groups in total. The van der Waals surface area contributed by atoms with Crippen molar-refractivity contribution in [3.05, 3.63) is 23.8 Å². The summed E-state index contributed by atoms with van der Waals surface area (Å²) in [7, 11) is 4.48. The number of hydrogen-bond donors (Lipinski definition) is 1. The normalized spacial score (nSPS) is 11.8. The molecule has 19 heavy (non-hydrogen) atoms. The monoisotopic (exact) mass is 268 g/mol. The van der Waals surface area contributed by atoms with Gasteiger partial charge in [0, 0.05) is 18.9 Å². The van der Waals surface area contributed by atoms with E-state index in [0.717, 1.165) is 5.56 Å². The van der Waals surface area contributed by atoms with Crippen molar-refractivity contribution in [3.63, 3.8) is 0 Å². The van der Waals surface area contributed by atoms with Crippen molar-refractivity contribution in [2.45, 2.75) is 18.8 Å². The molecule has 0 aromatic heterocycles. The summed E-state index contributed by atoms with van der Waals surface area (Å²) in [6, 6.07) is 5.46. The van der Waals surface area contributed by atoms with Crippen LogP contribution in [0, 0.1) is 0 Å². The smallest absolute Gasteiger partial charge is 0.305 e. The van der Waals surface area contributed by atoms with Crippen LogP contribution < -0.4 is 9.47 Å². The van der Waals surface area contributed by atoms with E-state index in [2.05, 4.69) is 4.74 Å². The Hall–Kier alpha value is -1.75. The van der Waals surface area contributed by atoms with Crippen LogP contribution in [-0.4, -0.2) is 39.0 Å². The molecule has 0 heterocycles. The molecule has 0 aliphatic heterocycles. The standard InChI is InChI=1S/C14H20O5/c1-17-12-6-4-10(8-13(12)18-2)11(9-15)5-7-14(16)19-3/h4,6,8,11,15H,5,7,9H2,1-3H3/t11-/m1/s1. The molecule has 0 unspecified atom stereocenters. The molecule has 0 radical (unpaired) electrons. The molecule has 0 aliphatic carbocycles. The third kappa shape index (κ3) is 4.13. The highest BCUT2D eigenvalue weighted by molar-refractivity contribution is 5.69. The SMILES string of the molecule is COC(=O)CC[C@H](CO)c1ccc(OC)c(OC)c1. The van der Waals surface area contributed by atoms with Crippen molar-refractivity contribution in [2.24, 2.45) is 0 Å². The van der Waals surface area contributed by atoms with Gasteiger partial charge in [-0.25, -0.2) is 0 Å². The summed E-state index contributed by atoms with van der Waals surface area (Å²) in [4.78, 5) is 11.1. The molecule has 5 heteroatoms. The van der Waals surface area contributed by atoms with Gasteiger partial charge in [-0.3, -0.25) is 4.79 Å². The average molecular weight is 268 g/mol. The zero-order valence-corrected chi connectivity index (χ0v) is 11.5. The molecule has 0 fully saturated rings. The Morgan fingerprint density at radius 3 is 2.42 bits per heavy atom. The Kier molecular flexibility index (Phi) is 6.15. The minimum atomic E-state index is -0.279. The Morgan fingerprint density at radius 2 is 1.89 bits per heavy atom. The van der Waals surface area contributed by atoms with Crippen LogP contribution in [0.2, 0.25) is 0 Å². The van der Waals surface area contributed by atoms with Gasteiger partial charge in [0.05, 0.1) is 21.3 Å². The van der Waals surface area contributed by atoms with E-state index >= 15 is 0 Å². The maximum atomic E-state index is 11.1. The van der Waals surface area contributed by atoms with Crippen molar-refractivity contribution in [2.75, 3.05) is 27.9 Å². The molecule has 0 spiro atoms. The number of esters is 1.